The van der Waals surface area contributed by atoms with Gasteiger partial charge in [0.2, 0.25) is 0 Å². The molecule has 1 amide bonds. The van der Waals surface area contributed by atoms with Gasteiger partial charge in [-0.3, -0.25) is 9.69 Å². The van der Waals surface area contributed by atoms with Crippen molar-refractivity contribution < 1.29 is 4.79 Å². The number of imidazole rings is 1. The number of carbonyl (C=O) groups is 1. The Kier molecular flexibility index (Phi) is 4.56. The molecule has 29 heavy (non-hydrogen) atoms. The molecular formula is C23H25N5O. The second-order valence-electron chi connectivity index (χ2n) is 7.63. The summed E-state index contributed by atoms with van der Waals surface area (Å²) < 4.78 is 2.29. The topological polar surface area (TPSA) is 66.0 Å². The number of amides is 1. The zero-order valence-electron chi connectivity index (χ0n) is 16.6. The molecule has 0 aliphatic carbocycles. The molecule has 0 spiro atoms. The largest absolute Gasteiger partial charge is 0.361 e. The fraction of sp³-hybridized carbons (Fsp3) is 0.304. The molecule has 2 N–H and O–H groups in total. The predicted octanol–water partition coefficient (Wildman–Crippen LogP) is 3.33. The van der Waals surface area contributed by atoms with Crippen LogP contribution >= 0.6 is 0 Å². The zero-order chi connectivity index (χ0) is 19.8. The number of rotatable bonds is 5. The summed E-state index contributed by atoms with van der Waals surface area (Å²) in [4.78, 5) is 22.8. The molecule has 4 aromatic rings. The van der Waals surface area contributed by atoms with Crippen LogP contribution in [0.5, 0.6) is 0 Å². The Labute approximate surface area is 169 Å². The van der Waals surface area contributed by atoms with Crippen molar-refractivity contribution in [3.05, 3.63) is 65.6 Å². The quantitative estimate of drug-likeness (QED) is 0.552. The molecule has 0 fully saturated rings. The van der Waals surface area contributed by atoms with E-state index in [4.69, 9.17) is 4.98 Å². The molecule has 0 bridgehead atoms. The fourth-order valence-corrected chi connectivity index (χ4v) is 4.28. The summed E-state index contributed by atoms with van der Waals surface area (Å²) in [6.45, 7) is 6.35. The van der Waals surface area contributed by atoms with Gasteiger partial charge in [-0.2, -0.15) is 0 Å². The minimum Gasteiger partial charge on any atom is -0.361 e. The van der Waals surface area contributed by atoms with Crippen molar-refractivity contribution >= 4 is 27.8 Å². The Morgan fingerprint density at radius 1 is 1.21 bits per heavy atom. The molecule has 0 saturated carbocycles. The van der Waals surface area contributed by atoms with Crippen LogP contribution < -0.4 is 5.32 Å². The number of aromatic amines is 1. The first-order valence-corrected chi connectivity index (χ1v) is 10.3. The molecule has 2 aromatic heterocycles. The van der Waals surface area contributed by atoms with E-state index in [1.54, 1.807) is 0 Å². The summed E-state index contributed by atoms with van der Waals surface area (Å²) in [5.74, 6) is 1.04. The van der Waals surface area contributed by atoms with E-state index in [0.717, 1.165) is 49.5 Å². The molecule has 5 rings (SSSR count). The molecule has 0 radical (unpaired) electrons. The lowest BCUT2D eigenvalue weighted by molar-refractivity contribution is 0.0956. The standard InChI is InChI=1S/C23H25N5O/c1-2-24-23(29)16-7-8-21-20(13-16)26-22-15-27(11-12-28(21)22)10-9-17-14-25-19-6-4-3-5-18(17)19/h3-8,13-14,25H,2,9-12,15H2,1H3,(H,24,29). The third-order valence-corrected chi connectivity index (χ3v) is 5.80. The lowest BCUT2D eigenvalue weighted by Gasteiger charge is -2.27. The Balaban J connectivity index is 1.32. The first-order chi connectivity index (χ1) is 14.2. The van der Waals surface area contributed by atoms with Crippen LogP contribution in [-0.2, 0) is 19.5 Å². The van der Waals surface area contributed by atoms with E-state index < -0.39 is 0 Å². The summed E-state index contributed by atoms with van der Waals surface area (Å²) >= 11 is 0. The van der Waals surface area contributed by atoms with Crippen molar-refractivity contribution in [2.45, 2.75) is 26.4 Å². The second-order valence-corrected chi connectivity index (χ2v) is 7.63. The van der Waals surface area contributed by atoms with Crippen molar-refractivity contribution in [1.29, 1.82) is 0 Å². The first kappa shape index (κ1) is 17.9. The summed E-state index contributed by atoms with van der Waals surface area (Å²) in [7, 11) is 0. The number of fused-ring (bicyclic) bond motifs is 4. The van der Waals surface area contributed by atoms with Crippen LogP contribution in [0, 0.1) is 0 Å². The molecule has 6 nitrogen and oxygen atoms in total. The summed E-state index contributed by atoms with van der Waals surface area (Å²) in [5.41, 5.74) is 5.26. The van der Waals surface area contributed by atoms with E-state index in [1.165, 1.54) is 16.5 Å². The third-order valence-electron chi connectivity index (χ3n) is 5.80. The number of carbonyl (C=O) groups excluding carboxylic acids is 1. The number of para-hydroxylation sites is 1. The van der Waals surface area contributed by atoms with Crippen molar-refractivity contribution in [3.8, 4) is 0 Å². The van der Waals surface area contributed by atoms with Crippen LogP contribution in [-0.4, -0.2) is 45.0 Å². The van der Waals surface area contributed by atoms with Crippen LogP contribution in [0.2, 0.25) is 0 Å². The maximum absolute atomic E-state index is 12.1. The molecule has 148 valence electrons. The number of nitrogens with zero attached hydrogens (tertiary/aromatic N) is 3. The lowest BCUT2D eigenvalue weighted by Crippen LogP contribution is -2.35. The third kappa shape index (κ3) is 3.29. The van der Waals surface area contributed by atoms with Gasteiger partial charge in [0.25, 0.3) is 5.91 Å². The highest BCUT2D eigenvalue weighted by Gasteiger charge is 2.21. The molecule has 6 heteroatoms. The Morgan fingerprint density at radius 3 is 3.00 bits per heavy atom. The number of hydrogen-bond donors (Lipinski definition) is 2. The Bertz CT molecular complexity index is 1190. The van der Waals surface area contributed by atoms with E-state index in [2.05, 4.69) is 50.2 Å². The Hall–Kier alpha value is -3.12. The van der Waals surface area contributed by atoms with Gasteiger partial charge < -0.3 is 14.9 Å². The fourth-order valence-electron chi connectivity index (χ4n) is 4.28. The molecular weight excluding hydrogens is 362 g/mol. The van der Waals surface area contributed by atoms with Gasteiger partial charge in [0, 0.05) is 48.8 Å². The highest BCUT2D eigenvalue weighted by Crippen LogP contribution is 2.23. The molecule has 0 atom stereocenters. The van der Waals surface area contributed by atoms with E-state index in [9.17, 15) is 4.79 Å². The highest BCUT2D eigenvalue weighted by molar-refractivity contribution is 5.97. The van der Waals surface area contributed by atoms with E-state index in [0.29, 0.717) is 12.1 Å². The van der Waals surface area contributed by atoms with Gasteiger partial charge >= 0.3 is 0 Å². The van der Waals surface area contributed by atoms with Crippen LogP contribution in [0.1, 0.15) is 28.7 Å². The van der Waals surface area contributed by atoms with E-state index >= 15 is 0 Å². The van der Waals surface area contributed by atoms with Gasteiger partial charge in [-0.15, -0.1) is 0 Å². The molecule has 3 heterocycles. The van der Waals surface area contributed by atoms with Gasteiger partial charge in [0.05, 0.1) is 17.6 Å². The smallest absolute Gasteiger partial charge is 0.251 e. The first-order valence-electron chi connectivity index (χ1n) is 10.3. The monoisotopic (exact) mass is 387 g/mol. The SMILES string of the molecule is CCNC(=O)c1ccc2c(c1)nc1n2CCN(CCc2c[nH]c3ccccc23)C1. The van der Waals surface area contributed by atoms with Crippen LogP contribution in [0.15, 0.2) is 48.7 Å². The van der Waals surface area contributed by atoms with Gasteiger partial charge in [-0.25, -0.2) is 4.98 Å². The van der Waals surface area contributed by atoms with Crippen LogP contribution in [0.25, 0.3) is 21.9 Å². The predicted molar refractivity (Wildman–Crippen MR) is 115 cm³/mol. The summed E-state index contributed by atoms with van der Waals surface area (Å²) in [5, 5.41) is 4.17. The van der Waals surface area contributed by atoms with Crippen LogP contribution in [0.4, 0.5) is 0 Å². The summed E-state index contributed by atoms with van der Waals surface area (Å²) in [6.07, 6.45) is 3.15. The number of nitrogens with one attached hydrogen (secondary N) is 2. The number of H-pyrrole nitrogens is 1. The number of benzene rings is 2. The minimum atomic E-state index is -0.0410. The van der Waals surface area contributed by atoms with Gasteiger partial charge in [0.1, 0.15) is 5.82 Å². The second kappa shape index (κ2) is 7.37. The van der Waals surface area contributed by atoms with Gasteiger partial charge in [0.15, 0.2) is 0 Å². The van der Waals surface area contributed by atoms with Gasteiger partial charge in [-0.05, 0) is 43.2 Å². The molecule has 2 aromatic carbocycles. The van der Waals surface area contributed by atoms with E-state index in [1.807, 2.05) is 25.1 Å². The normalized spacial score (nSPS) is 14.4. The number of aromatic nitrogens is 3. The summed E-state index contributed by atoms with van der Waals surface area (Å²) in [6, 6.07) is 14.3. The zero-order valence-corrected chi connectivity index (χ0v) is 16.6. The highest BCUT2D eigenvalue weighted by atomic mass is 16.1. The maximum Gasteiger partial charge on any atom is 0.251 e. The minimum absolute atomic E-state index is 0.0410. The van der Waals surface area contributed by atoms with Crippen LogP contribution in [0.3, 0.4) is 0 Å². The van der Waals surface area contributed by atoms with Crippen molar-refractivity contribution in [1.82, 2.24) is 24.8 Å². The van der Waals surface area contributed by atoms with Crippen molar-refractivity contribution in [2.24, 2.45) is 0 Å². The van der Waals surface area contributed by atoms with Crippen molar-refractivity contribution in [3.63, 3.8) is 0 Å². The molecule has 0 unspecified atom stereocenters. The lowest BCUT2D eigenvalue weighted by atomic mass is 10.1. The maximum atomic E-state index is 12.1. The molecule has 0 saturated heterocycles. The number of hydrogen-bond acceptors (Lipinski definition) is 3. The average Bonchev–Trinajstić information content (AvgIpc) is 3.32. The average molecular weight is 387 g/mol. The van der Waals surface area contributed by atoms with Crippen molar-refractivity contribution in [2.75, 3.05) is 19.6 Å². The molecule has 1 aliphatic heterocycles. The Morgan fingerprint density at radius 2 is 2.10 bits per heavy atom. The molecule has 1 aliphatic rings. The van der Waals surface area contributed by atoms with E-state index in [-0.39, 0.29) is 5.91 Å². The van der Waals surface area contributed by atoms with Gasteiger partial charge in [-0.1, -0.05) is 18.2 Å².